The highest BCUT2D eigenvalue weighted by Gasteiger charge is 2.58. The lowest BCUT2D eigenvalue weighted by molar-refractivity contribution is -0.157. The van der Waals surface area contributed by atoms with Crippen molar-refractivity contribution in [2.75, 3.05) is 7.11 Å². The molecular formula is C27H29BrFNO2. The highest BCUT2D eigenvalue weighted by Crippen LogP contribution is 2.64. The van der Waals surface area contributed by atoms with E-state index in [1.165, 1.54) is 24.3 Å². The van der Waals surface area contributed by atoms with Crippen molar-refractivity contribution in [2.45, 2.75) is 64.2 Å². The minimum atomic E-state index is -0.696. The van der Waals surface area contributed by atoms with Gasteiger partial charge in [-0.2, -0.15) is 0 Å². The lowest BCUT2D eigenvalue weighted by atomic mass is 9.49. The number of benzene rings is 2. The number of aromatic amines is 1. The van der Waals surface area contributed by atoms with Gasteiger partial charge in [0.1, 0.15) is 5.82 Å². The maximum absolute atomic E-state index is 14.4. The lowest BCUT2D eigenvalue weighted by Gasteiger charge is -2.54. The monoisotopic (exact) mass is 497 g/mol. The predicted octanol–water partition coefficient (Wildman–Crippen LogP) is 7.58. The normalized spacial score (nSPS) is 26.6. The van der Waals surface area contributed by atoms with Crippen LogP contribution in [-0.4, -0.2) is 18.1 Å². The van der Waals surface area contributed by atoms with Gasteiger partial charge in [0.2, 0.25) is 0 Å². The molecule has 0 saturated heterocycles. The Kier molecular flexibility index (Phi) is 4.87. The maximum atomic E-state index is 14.4. The quantitative estimate of drug-likeness (QED) is 0.370. The molecule has 0 radical (unpaired) electrons. The van der Waals surface area contributed by atoms with Gasteiger partial charge in [0.15, 0.2) is 0 Å². The summed E-state index contributed by atoms with van der Waals surface area (Å²) in [5, 5.41) is 0.868. The number of rotatable bonds is 2. The fourth-order valence-electron chi connectivity index (χ4n) is 6.60. The molecule has 3 nitrogen and oxygen atoms in total. The molecule has 1 saturated carbocycles. The first-order chi connectivity index (χ1) is 15.1. The number of carbonyl (C=O) groups excluding carboxylic acids is 1. The number of fused-ring (bicyclic) bond motifs is 8. The molecule has 1 aromatic heterocycles. The van der Waals surface area contributed by atoms with Gasteiger partial charge in [0.25, 0.3) is 0 Å². The molecule has 32 heavy (non-hydrogen) atoms. The number of aromatic nitrogens is 1. The topological polar surface area (TPSA) is 42.1 Å². The number of methoxy groups -OCH3 is 1. The predicted molar refractivity (Wildman–Crippen MR) is 130 cm³/mol. The number of hydrogen-bond donors (Lipinski definition) is 1. The van der Waals surface area contributed by atoms with Crippen LogP contribution in [0.15, 0.2) is 34.8 Å². The molecule has 168 valence electrons. The van der Waals surface area contributed by atoms with Crippen molar-refractivity contribution < 1.29 is 13.9 Å². The molecule has 2 aliphatic rings. The SMILES string of the molecule is COC(=O)[C@]1(C)CCC[C@]2(C)c3cc(Br)c(C(C)C)cc3-c3[nH]c4ccc(F)cc4c3[C@H]12. The van der Waals surface area contributed by atoms with Crippen LogP contribution in [0.25, 0.3) is 22.2 Å². The summed E-state index contributed by atoms with van der Waals surface area (Å²) in [6.45, 7) is 8.69. The van der Waals surface area contributed by atoms with Gasteiger partial charge in [-0.25, -0.2) is 4.39 Å². The highest BCUT2D eigenvalue weighted by molar-refractivity contribution is 9.10. The molecule has 5 rings (SSSR count). The molecule has 1 N–H and O–H groups in total. The van der Waals surface area contributed by atoms with Crippen molar-refractivity contribution in [3.63, 3.8) is 0 Å². The Morgan fingerprint density at radius 1 is 1.22 bits per heavy atom. The van der Waals surface area contributed by atoms with E-state index in [4.69, 9.17) is 4.74 Å². The van der Waals surface area contributed by atoms with Crippen LogP contribution in [0, 0.1) is 11.2 Å². The molecule has 0 amide bonds. The molecule has 1 fully saturated rings. The van der Waals surface area contributed by atoms with Crippen molar-refractivity contribution in [3.05, 3.63) is 57.3 Å². The molecule has 0 spiro atoms. The third kappa shape index (κ3) is 2.79. The summed E-state index contributed by atoms with van der Waals surface area (Å²) in [7, 11) is 1.47. The van der Waals surface area contributed by atoms with Crippen LogP contribution in [0.4, 0.5) is 4.39 Å². The second-order valence-electron chi connectivity index (χ2n) is 10.3. The number of H-pyrrole nitrogens is 1. The summed E-state index contributed by atoms with van der Waals surface area (Å²) >= 11 is 3.82. The minimum Gasteiger partial charge on any atom is -0.469 e. The number of esters is 1. The summed E-state index contributed by atoms with van der Waals surface area (Å²) in [4.78, 5) is 16.8. The van der Waals surface area contributed by atoms with E-state index in [0.717, 1.165) is 51.5 Å². The number of nitrogens with one attached hydrogen (secondary N) is 1. The van der Waals surface area contributed by atoms with Crippen molar-refractivity contribution in [2.24, 2.45) is 5.41 Å². The molecule has 3 atom stereocenters. The molecule has 1 heterocycles. The standard InChI is InChI=1S/C27H29BrFNO2/c1-14(2)16-12-17-19(13-20(16)28)26(3)9-6-10-27(4,25(31)32-5)24(26)22-18-11-15(29)7-8-21(18)30-23(17)22/h7-8,11-14,24,30H,6,9-10H2,1-5H3/t24-,26+,27+/m0/s1. The van der Waals surface area contributed by atoms with Gasteiger partial charge in [-0.15, -0.1) is 0 Å². The van der Waals surface area contributed by atoms with E-state index in [9.17, 15) is 9.18 Å². The summed E-state index contributed by atoms with van der Waals surface area (Å²) in [5.74, 6) is -0.212. The molecular weight excluding hydrogens is 469 g/mol. The van der Waals surface area contributed by atoms with Gasteiger partial charge in [-0.05, 0) is 72.7 Å². The van der Waals surface area contributed by atoms with Crippen LogP contribution in [0.5, 0.6) is 0 Å². The Morgan fingerprint density at radius 2 is 1.97 bits per heavy atom. The van der Waals surface area contributed by atoms with E-state index in [0.29, 0.717) is 5.92 Å². The number of halogens is 2. The van der Waals surface area contributed by atoms with E-state index in [2.05, 4.69) is 53.8 Å². The molecule has 5 heteroatoms. The van der Waals surface area contributed by atoms with Crippen molar-refractivity contribution in [3.8, 4) is 11.3 Å². The Balaban J connectivity index is 1.92. The third-order valence-electron chi connectivity index (χ3n) is 8.05. The molecule has 0 unspecified atom stereocenters. The van der Waals surface area contributed by atoms with E-state index in [-0.39, 0.29) is 23.1 Å². The second-order valence-corrected chi connectivity index (χ2v) is 11.1. The minimum absolute atomic E-state index is 0.119. The lowest BCUT2D eigenvalue weighted by Crippen LogP contribution is -2.50. The fraction of sp³-hybridized carbons (Fsp3) is 0.444. The first-order valence-corrected chi connectivity index (χ1v) is 12.1. The fourth-order valence-corrected chi connectivity index (χ4v) is 7.41. The van der Waals surface area contributed by atoms with Gasteiger partial charge in [0.05, 0.1) is 18.2 Å². The largest absolute Gasteiger partial charge is 0.469 e. The smallest absolute Gasteiger partial charge is 0.312 e. The van der Waals surface area contributed by atoms with Crippen LogP contribution >= 0.6 is 15.9 Å². The molecule has 2 aromatic carbocycles. The second kappa shape index (κ2) is 7.18. The Morgan fingerprint density at radius 3 is 2.66 bits per heavy atom. The van der Waals surface area contributed by atoms with E-state index in [1.807, 2.05) is 6.92 Å². The van der Waals surface area contributed by atoms with Crippen LogP contribution in [-0.2, 0) is 14.9 Å². The van der Waals surface area contributed by atoms with Crippen molar-refractivity contribution in [1.82, 2.24) is 4.98 Å². The average molecular weight is 498 g/mol. The van der Waals surface area contributed by atoms with Crippen LogP contribution in [0.2, 0.25) is 0 Å². The van der Waals surface area contributed by atoms with Gasteiger partial charge in [0, 0.05) is 32.3 Å². The number of ether oxygens (including phenoxy) is 1. The first kappa shape index (κ1) is 21.7. The van der Waals surface area contributed by atoms with Crippen molar-refractivity contribution >= 4 is 32.8 Å². The average Bonchev–Trinajstić information content (AvgIpc) is 3.10. The van der Waals surface area contributed by atoms with Gasteiger partial charge in [-0.1, -0.05) is 43.1 Å². The van der Waals surface area contributed by atoms with E-state index in [1.54, 1.807) is 12.1 Å². The summed E-state index contributed by atoms with van der Waals surface area (Å²) in [6.07, 6.45) is 2.65. The third-order valence-corrected chi connectivity index (χ3v) is 8.74. The molecule has 2 aliphatic carbocycles. The zero-order valence-electron chi connectivity index (χ0n) is 19.2. The molecule has 3 aromatic rings. The summed E-state index contributed by atoms with van der Waals surface area (Å²) in [6, 6.07) is 9.45. The van der Waals surface area contributed by atoms with Gasteiger partial charge >= 0.3 is 5.97 Å². The highest BCUT2D eigenvalue weighted by atomic mass is 79.9. The summed E-state index contributed by atoms with van der Waals surface area (Å²) in [5.41, 5.74) is 5.65. The zero-order valence-corrected chi connectivity index (χ0v) is 20.8. The maximum Gasteiger partial charge on any atom is 0.312 e. The zero-order chi connectivity index (χ0) is 23.0. The van der Waals surface area contributed by atoms with Gasteiger partial charge in [-0.3, -0.25) is 4.79 Å². The number of carbonyl (C=O) groups is 1. The molecule has 0 bridgehead atoms. The van der Waals surface area contributed by atoms with E-state index < -0.39 is 5.41 Å². The van der Waals surface area contributed by atoms with Crippen molar-refractivity contribution in [1.29, 1.82) is 0 Å². The van der Waals surface area contributed by atoms with Crippen LogP contribution in [0.1, 0.15) is 75.5 Å². The van der Waals surface area contributed by atoms with E-state index >= 15 is 0 Å². The Hall–Kier alpha value is -2.14. The molecule has 0 aliphatic heterocycles. The Labute approximate surface area is 196 Å². The summed E-state index contributed by atoms with van der Waals surface area (Å²) < 4.78 is 20.9. The number of hydrogen-bond acceptors (Lipinski definition) is 2. The van der Waals surface area contributed by atoms with Gasteiger partial charge < -0.3 is 9.72 Å². The van der Waals surface area contributed by atoms with Crippen LogP contribution < -0.4 is 0 Å². The first-order valence-electron chi connectivity index (χ1n) is 11.4. The van der Waals surface area contributed by atoms with Crippen LogP contribution in [0.3, 0.4) is 0 Å². The Bertz CT molecular complexity index is 1260.